The minimum Gasteiger partial charge on any atom is -0.466 e. The molecule has 2 amide bonds. The fraction of sp³-hybridized carbons (Fsp3) is 0.125. The second kappa shape index (κ2) is 8.24. The number of carbonyl (C=O) groups excluding carboxylic acids is 2. The maximum absolute atomic E-state index is 14.1. The number of benzene rings is 3. The summed E-state index contributed by atoms with van der Waals surface area (Å²) in [4.78, 5) is 30.6. The van der Waals surface area contributed by atoms with Crippen molar-refractivity contribution in [2.75, 3.05) is 12.1 Å². The number of ether oxygens (including phenoxy) is 2. The van der Waals surface area contributed by atoms with Gasteiger partial charge in [-0.15, -0.1) is 0 Å². The van der Waals surface area contributed by atoms with Crippen LogP contribution in [0, 0.1) is 5.82 Å². The Balaban J connectivity index is 1.53. The molecule has 0 saturated carbocycles. The van der Waals surface area contributed by atoms with Crippen LogP contribution in [-0.2, 0) is 16.1 Å². The molecule has 3 aromatic rings. The van der Waals surface area contributed by atoms with Gasteiger partial charge >= 0.3 is 0 Å². The van der Waals surface area contributed by atoms with Gasteiger partial charge in [0.25, 0.3) is 11.8 Å². The molecule has 7 nitrogen and oxygen atoms in total. The summed E-state index contributed by atoms with van der Waals surface area (Å²) in [6.45, 7) is 0.0807. The zero-order valence-corrected chi connectivity index (χ0v) is 16.8. The molecule has 2 aliphatic rings. The number of carbonyl (C=O) groups is 2. The first-order valence-electron chi connectivity index (χ1n) is 9.97. The molecule has 2 N–H and O–H groups in total. The molecule has 0 radical (unpaired) electrons. The fourth-order valence-electron chi connectivity index (χ4n) is 3.73. The lowest BCUT2D eigenvalue weighted by Gasteiger charge is -2.21. The number of rotatable bonds is 3. The van der Waals surface area contributed by atoms with E-state index in [2.05, 4.69) is 15.6 Å². The van der Waals surface area contributed by atoms with Crippen LogP contribution in [-0.4, -0.2) is 30.5 Å². The first-order valence-corrected chi connectivity index (χ1v) is 9.97. The SMILES string of the molecule is O=C(NC1N=C(c2ccccc2)c2ccccc2NC1=O)c1cc(F)cc2c1OCOC2. The van der Waals surface area contributed by atoms with E-state index < -0.39 is 23.8 Å². The van der Waals surface area contributed by atoms with Crippen molar-refractivity contribution in [3.8, 4) is 5.75 Å². The molecule has 0 spiro atoms. The Morgan fingerprint density at radius 3 is 2.72 bits per heavy atom. The van der Waals surface area contributed by atoms with Gasteiger partial charge in [0, 0.05) is 16.7 Å². The number of anilines is 1. The molecule has 0 aliphatic carbocycles. The molecule has 0 fully saturated rings. The fourth-order valence-corrected chi connectivity index (χ4v) is 3.73. The topological polar surface area (TPSA) is 89.0 Å². The van der Waals surface area contributed by atoms with Gasteiger partial charge in [-0.2, -0.15) is 0 Å². The van der Waals surface area contributed by atoms with E-state index >= 15 is 0 Å². The molecule has 3 aromatic carbocycles. The van der Waals surface area contributed by atoms with Crippen LogP contribution in [0.3, 0.4) is 0 Å². The van der Waals surface area contributed by atoms with E-state index in [0.717, 1.165) is 17.2 Å². The van der Waals surface area contributed by atoms with Crippen molar-refractivity contribution in [2.45, 2.75) is 12.8 Å². The average molecular weight is 431 g/mol. The number of benzodiazepines with no additional fused rings is 1. The van der Waals surface area contributed by atoms with Crippen molar-refractivity contribution < 1.29 is 23.5 Å². The Bertz CT molecular complexity index is 1240. The van der Waals surface area contributed by atoms with E-state index in [4.69, 9.17) is 9.47 Å². The highest BCUT2D eigenvalue weighted by atomic mass is 19.1. The minimum atomic E-state index is -1.23. The van der Waals surface area contributed by atoms with Gasteiger partial charge in [-0.3, -0.25) is 9.59 Å². The Labute approximate surface area is 182 Å². The van der Waals surface area contributed by atoms with Gasteiger partial charge in [-0.25, -0.2) is 9.38 Å². The molecule has 0 aromatic heterocycles. The second-order valence-corrected chi connectivity index (χ2v) is 7.31. The molecular weight excluding hydrogens is 413 g/mol. The quantitative estimate of drug-likeness (QED) is 0.666. The monoisotopic (exact) mass is 431 g/mol. The number of amides is 2. The summed E-state index contributed by atoms with van der Waals surface area (Å²) < 4.78 is 24.7. The van der Waals surface area contributed by atoms with Gasteiger partial charge in [-0.05, 0) is 18.2 Å². The van der Waals surface area contributed by atoms with E-state index in [0.29, 0.717) is 17.0 Å². The lowest BCUT2D eigenvalue weighted by Crippen LogP contribution is -2.42. The van der Waals surface area contributed by atoms with Crippen molar-refractivity contribution in [1.82, 2.24) is 5.32 Å². The van der Waals surface area contributed by atoms with Crippen molar-refractivity contribution in [3.63, 3.8) is 0 Å². The normalized spacial score (nSPS) is 17.1. The van der Waals surface area contributed by atoms with Crippen LogP contribution in [0.4, 0.5) is 10.1 Å². The summed E-state index contributed by atoms with van der Waals surface area (Å²) in [5, 5.41) is 5.42. The van der Waals surface area contributed by atoms with E-state index in [1.165, 1.54) is 6.07 Å². The molecule has 0 saturated heterocycles. The predicted octanol–water partition coefficient (Wildman–Crippen LogP) is 3.24. The van der Waals surface area contributed by atoms with E-state index in [1.807, 2.05) is 42.5 Å². The zero-order chi connectivity index (χ0) is 22.1. The molecular formula is C24H18FN3O4. The molecule has 32 heavy (non-hydrogen) atoms. The number of para-hydroxylation sites is 1. The molecule has 160 valence electrons. The summed E-state index contributed by atoms with van der Waals surface area (Å²) >= 11 is 0. The lowest BCUT2D eigenvalue weighted by atomic mass is 10.0. The van der Waals surface area contributed by atoms with Gasteiger partial charge in [0.05, 0.1) is 23.6 Å². The third kappa shape index (κ3) is 3.72. The van der Waals surface area contributed by atoms with Crippen LogP contribution < -0.4 is 15.4 Å². The van der Waals surface area contributed by atoms with Crippen molar-refractivity contribution in [1.29, 1.82) is 0 Å². The highest BCUT2D eigenvalue weighted by Gasteiger charge is 2.29. The van der Waals surface area contributed by atoms with E-state index in [9.17, 15) is 14.0 Å². The Kier molecular flexibility index (Phi) is 5.12. The molecule has 8 heteroatoms. The Morgan fingerprint density at radius 2 is 1.88 bits per heavy atom. The summed E-state index contributed by atoms with van der Waals surface area (Å²) in [7, 11) is 0. The summed E-state index contributed by atoms with van der Waals surface area (Å²) in [5.74, 6) is -1.55. The first-order chi connectivity index (χ1) is 15.6. The Morgan fingerprint density at radius 1 is 1.09 bits per heavy atom. The molecule has 2 heterocycles. The highest BCUT2D eigenvalue weighted by molar-refractivity contribution is 6.20. The van der Waals surface area contributed by atoms with Crippen LogP contribution >= 0.6 is 0 Å². The number of fused-ring (bicyclic) bond motifs is 2. The number of aliphatic imine (C=N–C) groups is 1. The highest BCUT2D eigenvalue weighted by Crippen LogP contribution is 2.30. The smallest absolute Gasteiger partial charge is 0.269 e. The number of nitrogens with zero attached hydrogens (tertiary/aromatic N) is 1. The summed E-state index contributed by atoms with van der Waals surface area (Å²) in [5.41, 5.74) is 3.06. The molecule has 1 unspecified atom stereocenters. The van der Waals surface area contributed by atoms with Crippen LogP contribution in [0.1, 0.15) is 27.0 Å². The summed E-state index contributed by atoms with van der Waals surface area (Å²) in [6.07, 6.45) is -1.23. The number of halogens is 1. The van der Waals surface area contributed by atoms with Crippen molar-refractivity contribution in [3.05, 3.63) is 94.8 Å². The van der Waals surface area contributed by atoms with Crippen LogP contribution in [0.5, 0.6) is 5.75 Å². The largest absolute Gasteiger partial charge is 0.466 e. The van der Waals surface area contributed by atoms with Gasteiger partial charge in [0.1, 0.15) is 11.6 Å². The van der Waals surface area contributed by atoms with Gasteiger partial charge in [-0.1, -0.05) is 48.5 Å². The third-order valence-electron chi connectivity index (χ3n) is 5.18. The third-order valence-corrected chi connectivity index (χ3v) is 5.18. The van der Waals surface area contributed by atoms with Crippen molar-refractivity contribution in [2.24, 2.45) is 4.99 Å². The lowest BCUT2D eigenvalue weighted by molar-refractivity contribution is -0.117. The van der Waals surface area contributed by atoms with Crippen LogP contribution in [0.25, 0.3) is 0 Å². The minimum absolute atomic E-state index is 0.0191. The molecule has 2 aliphatic heterocycles. The van der Waals surface area contributed by atoms with Crippen LogP contribution in [0.15, 0.2) is 71.7 Å². The summed E-state index contributed by atoms with van der Waals surface area (Å²) in [6, 6.07) is 19.0. The van der Waals surface area contributed by atoms with Crippen LogP contribution in [0.2, 0.25) is 0 Å². The van der Waals surface area contributed by atoms with Crippen molar-refractivity contribution >= 4 is 23.2 Å². The maximum Gasteiger partial charge on any atom is 0.269 e. The molecule has 0 bridgehead atoms. The van der Waals surface area contributed by atoms with Gasteiger partial charge < -0.3 is 20.1 Å². The number of nitrogens with one attached hydrogen (secondary N) is 2. The van der Waals surface area contributed by atoms with Gasteiger partial charge in [0.15, 0.2) is 6.79 Å². The number of hydrogen-bond acceptors (Lipinski definition) is 5. The predicted molar refractivity (Wildman–Crippen MR) is 115 cm³/mol. The molecule has 5 rings (SSSR count). The number of hydrogen-bond donors (Lipinski definition) is 2. The van der Waals surface area contributed by atoms with Gasteiger partial charge in [0.2, 0.25) is 6.17 Å². The first kappa shape index (κ1) is 19.9. The maximum atomic E-state index is 14.1. The molecule has 1 atom stereocenters. The Hall–Kier alpha value is -4.04. The van der Waals surface area contributed by atoms with E-state index in [1.54, 1.807) is 12.1 Å². The average Bonchev–Trinajstić information content (AvgIpc) is 2.95. The van der Waals surface area contributed by atoms with E-state index in [-0.39, 0.29) is 24.7 Å². The zero-order valence-electron chi connectivity index (χ0n) is 16.8. The standard InChI is InChI=1S/C24H18FN3O4/c25-16-10-15-12-31-13-32-21(15)18(11-16)23(29)28-22-24(30)26-19-9-5-4-8-17(19)20(27-22)14-6-2-1-3-7-14/h1-11,22H,12-13H2,(H,26,30)(H,28,29). The second-order valence-electron chi connectivity index (χ2n) is 7.31.